The number of anilines is 1. The highest BCUT2D eigenvalue weighted by Crippen LogP contribution is 2.23. The van der Waals surface area contributed by atoms with Crippen LogP contribution in [0.2, 0.25) is 5.02 Å². The van der Waals surface area contributed by atoms with Crippen LogP contribution in [0.4, 0.5) is 10.1 Å². The molecule has 1 heterocycles. The number of carbonyl (C=O) groups is 1. The van der Waals surface area contributed by atoms with Gasteiger partial charge in [0.2, 0.25) is 11.8 Å². The van der Waals surface area contributed by atoms with E-state index in [-0.39, 0.29) is 27.6 Å². The van der Waals surface area contributed by atoms with Crippen molar-refractivity contribution in [1.29, 1.82) is 0 Å². The molecule has 0 bridgehead atoms. The van der Waals surface area contributed by atoms with Crippen molar-refractivity contribution in [3.05, 3.63) is 59.4 Å². The van der Waals surface area contributed by atoms with Gasteiger partial charge in [0.1, 0.15) is 5.82 Å². The third-order valence-electron chi connectivity index (χ3n) is 2.96. The Hall–Kier alpha value is -2.38. The maximum absolute atomic E-state index is 13.6. The van der Waals surface area contributed by atoms with Crippen LogP contribution in [0.3, 0.4) is 0 Å². The van der Waals surface area contributed by atoms with Gasteiger partial charge in [0.15, 0.2) is 0 Å². The molecule has 5 nitrogen and oxygen atoms in total. The second kappa shape index (κ2) is 7.46. The second-order valence-electron chi connectivity index (χ2n) is 4.70. The molecule has 0 radical (unpaired) electrons. The van der Waals surface area contributed by atoms with Crippen LogP contribution in [0.25, 0.3) is 11.5 Å². The summed E-state index contributed by atoms with van der Waals surface area (Å²) in [5, 5.41) is 10.8. The molecule has 2 aromatic carbocycles. The van der Waals surface area contributed by atoms with Gasteiger partial charge in [0.25, 0.3) is 5.22 Å². The van der Waals surface area contributed by atoms with E-state index in [1.807, 2.05) is 30.3 Å². The number of hydrogen-bond acceptors (Lipinski definition) is 5. The fourth-order valence-corrected chi connectivity index (χ4v) is 2.59. The van der Waals surface area contributed by atoms with Crippen molar-refractivity contribution in [2.45, 2.75) is 5.22 Å². The molecule has 0 aliphatic carbocycles. The Kier molecular flexibility index (Phi) is 5.12. The lowest BCUT2D eigenvalue weighted by Crippen LogP contribution is -2.15. The van der Waals surface area contributed by atoms with Crippen LogP contribution >= 0.6 is 23.4 Å². The molecular weight excluding hydrogens is 353 g/mol. The molecule has 1 aromatic heterocycles. The van der Waals surface area contributed by atoms with Gasteiger partial charge in [-0.15, -0.1) is 10.2 Å². The Morgan fingerprint density at radius 3 is 2.75 bits per heavy atom. The maximum Gasteiger partial charge on any atom is 0.277 e. The Labute approximate surface area is 146 Å². The summed E-state index contributed by atoms with van der Waals surface area (Å²) in [7, 11) is 0. The Morgan fingerprint density at radius 2 is 2.00 bits per heavy atom. The Balaban J connectivity index is 1.58. The minimum atomic E-state index is -0.593. The lowest BCUT2D eigenvalue weighted by Gasteiger charge is -2.05. The summed E-state index contributed by atoms with van der Waals surface area (Å²) < 4.78 is 19.1. The van der Waals surface area contributed by atoms with Crippen molar-refractivity contribution in [2.24, 2.45) is 0 Å². The molecule has 122 valence electrons. The van der Waals surface area contributed by atoms with Crippen molar-refractivity contribution >= 4 is 35.0 Å². The molecule has 0 aliphatic heterocycles. The number of aromatic nitrogens is 2. The van der Waals surface area contributed by atoms with Crippen molar-refractivity contribution < 1.29 is 13.6 Å². The normalized spacial score (nSPS) is 10.6. The number of halogens is 2. The van der Waals surface area contributed by atoms with Gasteiger partial charge in [-0.25, -0.2) is 4.39 Å². The summed E-state index contributed by atoms with van der Waals surface area (Å²) in [4.78, 5) is 11.9. The number of nitrogens with zero attached hydrogens (tertiary/aromatic N) is 2. The van der Waals surface area contributed by atoms with Crippen LogP contribution in [0, 0.1) is 5.82 Å². The van der Waals surface area contributed by atoms with E-state index < -0.39 is 5.82 Å². The molecule has 0 spiro atoms. The molecule has 0 saturated heterocycles. The highest BCUT2D eigenvalue weighted by molar-refractivity contribution is 7.99. The summed E-state index contributed by atoms with van der Waals surface area (Å²) in [6.07, 6.45) is 0. The largest absolute Gasteiger partial charge is 0.411 e. The first-order valence-corrected chi connectivity index (χ1v) is 8.25. The van der Waals surface area contributed by atoms with Crippen LogP contribution in [-0.4, -0.2) is 21.9 Å². The van der Waals surface area contributed by atoms with E-state index >= 15 is 0 Å². The number of hydrogen-bond donors (Lipinski definition) is 1. The van der Waals surface area contributed by atoms with E-state index in [4.69, 9.17) is 16.0 Å². The zero-order valence-electron chi connectivity index (χ0n) is 12.2. The van der Waals surface area contributed by atoms with Gasteiger partial charge >= 0.3 is 0 Å². The molecule has 0 aliphatic rings. The predicted octanol–water partition coefficient (Wildman–Crippen LogP) is 4.26. The average Bonchev–Trinajstić information content (AvgIpc) is 3.05. The van der Waals surface area contributed by atoms with E-state index in [2.05, 4.69) is 15.5 Å². The van der Waals surface area contributed by atoms with Gasteiger partial charge in [-0.3, -0.25) is 4.79 Å². The van der Waals surface area contributed by atoms with Crippen molar-refractivity contribution in [2.75, 3.05) is 11.1 Å². The van der Waals surface area contributed by atoms with Gasteiger partial charge in [-0.1, -0.05) is 41.6 Å². The SMILES string of the molecule is O=C(CSc1nnc(-c2ccccc2)o1)Nc1ccc(Cl)cc1F. The molecule has 3 aromatic rings. The van der Waals surface area contributed by atoms with E-state index in [0.29, 0.717) is 5.89 Å². The second-order valence-corrected chi connectivity index (χ2v) is 6.06. The highest BCUT2D eigenvalue weighted by atomic mass is 35.5. The molecule has 24 heavy (non-hydrogen) atoms. The third kappa shape index (κ3) is 4.12. The summed E-state index contributed by atoms with van der Waals surface area (Å²) in [6.45, 7) is 0. The molecule has 0 unspecified atom stereocenters. The first-order valence-electron chi connectivity index (χ1n) is 6.88. The van der Waals surface area contributed by atoms with Gasteiger partial charge in [0.05, 0.1) is 11.4 Å². The van der Waals surface area contributed by atoms with Crippen LogP contribution in [0.1, 0.15) is 0 Å². The fraction of sp³-hybridized carbons (Fsp3) is 0.0625. The van der Waals surface area contributed by atoms with Crippen molar-refractivity contribution in [1.82, 2.24) is 10.2 Å². The maximum atomic E-state index is 13.6. The number of carbonyl (C=O) groups excluding carboxylic acids is 1. The van der Waals surface area contributed by atoms with Gasteiger partial charge in [0, 0.05) is 10.6 Å². The Bertz CT molecular complexity index is 858. The lowest BCUT2D eigenvalue weighted by atomic mass is 10.2. The standard InChI is InChI=1S/C16H11ClFN3O2S/c17-11-6-7-13(12(18)8-11)19-14(22)9-24-16-21-20-15(23-16)10-4-2-1-3-5-10/h1-8H,9H2,(H,19,22). The highest BCUT2D eigenvalue weighted by Gasteiger charge is 2.12. The topological polar surface area (TPSA) is 68.0 Å². The number of rotatable bonds is 5. The van der Waals surface area contributed by atoms with E-state index in [1.165, 1.54) is 12.1 Å². The minimum absolute atomic E-state index is 0.0124. The monoisotopic (exact) mass is 363 g/mol. The molecule has 8 heteroatoms. The van der Waals surface area contributed by atoms with Crippen LogP contribution < -0.4 is 5.32 Å². The molecule has 1 amide bonds. The van der Waals surface area contributed by atoms with Crippen molar-refractivity contribution in [3.63, 3.8) is 0 Å². The molecule has 0 atom stereocenters. The summed E-state index contributed by atoms with van der Waals surface area (Å²) in [5.41, 5.74) is 0.866. The Morgan fingerprint density at radius 1 is 1.21 bits per heavy atom. The third-order valence-corrected chi connectivity index (χ3v) is 4.01. The predicted molar refractivity (Wildman–Crippen MR) is 90.5 cm³/mol. The quantitative estimate of drug-likeness (QED) is 0.686. The first kappa shape index (κ1) is 16.5. The van der Waals surface area contributed by atoms with Gasteiger partial charge in [-0.2, -0.15) is 0 Å². The summed E-state index contributed by atoms with van der Waals surface area (Å²) in [6, 6.07) is 13.3. The van der Waals surface area contributed by atoms with Crippen LogP contribution in [-0.2, 0) is 4.79 Å². The van der Waals surface area contributed by atoms with E-state index in [9.17, 15) is 9.18 Å². The zero-order chi connectivity index (χ0) is 16.9. The number of amides is 1. The number of benzene rings is 2. The molecule has 0 saturated carbocycles. The fourth-order valence-electron chi connectivity index (χ4n) is 1.87. The number of thioether (sulfide) groups is 1. The zero-order valence-corrected chi connectivity index (χ0v) is 13.8. The molecular formula is C16H11ClFN3O2S. The smallest absolute Gasteiger partial charge is 0.277 e. The van der Waals surface area contributed by atoms with Crippen LogP contribution in [0.15, 0.2) is 58.2 Å². The minimum Gasteiger partial charge on any atom is -0.411 e. The molecule has 0 fully saturated rings. The lowest BCUT2D eigenvalue weighted by molar-refractivity contribution is -0.113. The van der Waals surface area contributed by atoms with Crippen molar-refractivity contribution in [3.8, 4) is 11.5 Å². The summed E-state index contributed by atoms with van der Waals surface area (Å²) >= 11 is 6.73. The molecule has 1 N–H and O–H groups in total. The van der Waals surface area contributed by atoms with Gasteiger partial charge in [-0.05, 0) is 30.3 Å². The molecule has 3 rings (SSSR count). The number of nitrogens with one attached hydrogen (secondary N) is 1. The first-order chi connectivity index (χ1) is 11.6. The summed E-state index contributed by atoms with van der Waals surface area (Å²) in [5.74, 6) is -0.591. The average molecular weight is 364 g/mol. The van der Waals surface area contributed by atoms with Gasteiger partial charge < -0.3 is 9.73 Å². The van der Waals surface area contributed by atoms with E-state index in [1.54, 1.807) is 0 Å². The van der Waals surface area contributed by atoms with Crippen LogP contribution in [0.5, 0.6) is 0 Å². The van der Waals surface area contributed by atoms with E-state index in [0.717, 1.165) is 23.4 Å².